The van der Waals surface area contributed by atoms with E-state index in [0.717, 1.165) is 19.3 Å². The molecule has 0 aromatic rings. The third-order valence-electron chi connectivity index (χ3n) is 2.26. The molecule has 0 bridgehead atoms. The third kappa shape index (κ3) is 15.3. The summed E-state index contributed by atoms with van der Waals surface area (Å²) in [5.41, 5.74) is 0. The molecule has 0 rings (SSSR count). The van der Waals surface area contributed by atoms with Gasteiger partial charge in [0.2, 0.25) is 0 Å². The molecule has 0 unspecified atom stereocenters. The Balaban J connectivity index is 2.91. The molecule has 0 aliphatic carbocycles. The van der Waals surface area contributed by atoms with Crippen LogP contribution in [-0.2, 0) is 19.9 Å². The number of unbranched alkanes of at least 4 members (excludes halogenated alkanes) is 7. The Labute approximate surface area is 101 Å². The lowest BCUT2D eigenvalue weighted by atomic mass is 10.1. The highest BCUT2D eigenvalue weighted by molar-refractivity contribution is 5.56. The van der Waals surface area contributed by atoms with E-state index in [2.05, 4.69) is 26.8 Å². The van der Waals surface area contributed by atoms with Crippen molar-refractivity contribution in [3.8, 4) is 0 Å². The van der Waals surface area contributed by atoms with Gasteiger partial charge in [0.25, 0.3) is 0 Å². The Morgan fingerprint density at radius 3 is 2.12 bits per heavy atom. The Morgan fingerprint density at radius 1 is 0.941 bits per heavy atom. The molecular formula is C11H21FO5. The molecule has 0 aliphatic rings. The largest absolute Gasteiger partial charge is 0.529 e. The highest BCUT2D eigenvalue weighted by atomic mass is 19.1. The van der Waals surface area contributed by atoms with Crippen LogP contribution in [0.3, 0.4) is 0 Å². The van der Waals surface area contributed by atoms with Gasteiger partial charge in [-0.05, 0) is 11.5 Å². The zero-order valence-electron chi connectivity index (χ0n) is 10.3. The van der Waals surface area contributed by atoms with Crippen LogP contribution in [0, 0.1) is 0 Å². The van der Waals surface area contributed by atoms with Crippen LogP contribution in [-0.4, -0.2) is 12.8 Å². The Morgan fingerprint density at radius 2 is 1.53 bits per heavy atom. The first-order valence-electron chi connectivity index (χ1n) is 6.09. The molecule has 0 aromatic carbocycles. The van der Waals surface area contributed by atoms with Crippen molar-refractivity contribution in [2.45, 2.75) is 58.3 Å². The quantitative estimate of drug-likeness (QED) is 0.227. The first-order chi connectivity index (χ1) is 8.27. The predicted molar refractivity (Wildman–Crippen MR) is 58.3 cm³/mol. The molecule has 0 spiro atoms. The van der Waals surface area contributed by atoms with Gasteiger partial charge in [0, 0.05) is 5.04 Å². The molecule has 0 N–H and O–H groups in total. The number of carbonyl (C=O) groups excluding carboxylic acids is 1. The monoisotopic (exact) mass is 252 g/mol. The molecule has 5 nitrogen and oxygen atoms in total. The van der Waals surface area contributed by atoms with Gasteiger partial charge < -0.3 is 0 Å². The van der Waals surface area contributed by atoms with Crippen LogP contribution in [0.4, 0.5) is 9.18 Å². The van der Waals surface area contributed by atoms with Gasteiger partial charge >= 0.3 is 6.22 Å². The molecule has 0 saturated carbocycles. The number of hydrogen-bond donors (Lipinski definition) is 0. The van der Waals surface area contributed by atoms with E-state index in [1.54, 1.807) is 0 Å². The fourth-order valence-corrected chi connectivity index (χ4v) is 1.39. The van der Waals surface area contributed by atoms with Crippen LogP contribution in [0.25, 0.3) is 0 Å². The number of carbonyl (C=O) groups is 1. The Hall–Kier alpha value is -0.720. The maximum absolute atomic E-state index is 11.4. The highest BCUT2D eigenvalue weighted by Gasteiger charge is 1.99. The average molecular weight is 252 g/mol. The topological polar surface area (TPSA) is 54.0 Å². The van der Waals surface area contributed by atoms with Gasteiger partial charge in [-0.25, -0.2) is 14.6 Å². The van der Waals surface area contributed by atoms with Crippen molar-refractivity contribution in [3.63, 3.8) is 0 Å². The molecular weight excluding hydrogens is 231 g/mol. The van der Waals surface area contributed by atoms with E-state index in [9.17, 15) is 9.18 Å². The molecule has 6 heteroatoms. The molecule has 0 saturated heterocycles. The van der Waals surface area contributed by atoms with Crippen molar-refractivity contribution in [1.29, 1.82) is 0 Å². The van der Waals surface area contributed by atoms with Crippen molar-refractivity contribution in [1.82, 2.24) is 0 Å². The van der Waals surface area contributed by atoms with E-state index < -0.39 is 6.22 Å². The Kier molecular flexibility index (Phi) is 12.8. The second-order valence-corrected chi connectivity index (χ2v) is 3.75. The van der Waals surface area contributed by atoms with Crippen molar-refractivity contribution in [2.75, 3.05) is 6.61 Å². The zero-order chi connectivity index (χ0) is 12.8. The van der Waals surface area contributed by atoms with E-state index >= 15 is 0 Å². The summed E-state index contributed by atoms with van der Waals surface area (Å²) in [6.07, 6.45) is 7.32. The number of hydrogen-bond acceptors (Lipinski definition) is 5. The number of rotatable bonds is 12. The number of halogens is 1. The van der Waals surface area contributed by atoms with Crippen molar-refractivity contribution >= 4 is 6.22 Å². The molecule has 17 heavy (non-hydrogen) atoms. The molecule has 0 fully saturated rings. The Bertz CT molecular complexity index is 177. The second kappa shape index (κ2) is 13.3. The molecule has 0 radical (unpaired) electrons. The SMILES string of the molecule is CCCCCCCCCCOOOOC(=O)F. The van der Waals surface area contributed by atoms with Crippen LogP contribution in [0.2, 0.25) is 0 Å². The van der Waals surface area contributed by atoms with Gasteiger partial charge in [0.15, 0.2) is 0 Å². The minimum Gasteiger partial charge on any atom is -0.232 e. The fraction of sp³-hybridized carbons (Fsp3) is 0.909. The minimum absolute atomic E-state index is 0.318. The van der Waals surface area contributed by atoms with Gasteiger partial charge in [-0.3, -0.25) is 0 Å². The average Bonchev–Trinajstić information content (AvgIpc) is 2.30. The summed E-state index contributed by atoms with van der Waals surface area (Å²) >= 11 is 0. The summed E-state index contributed by atoms with van der Waals surface area (Å²) < 4.78 is 11.4. The van der Waals surface area contributed by atoms with E-state index in [4.69, 9.17) is 0 Å². The molecule has 0 aliphatic heterocycles. The summed E-state index contributed by atoms with van der Waals surface area (Å²) in [7, 11) is 0. The lowest BCUT2D eigenvalue weighted by Crippen LogP contribution is -2.01. The summed E-state index contributed by atoms with van der Waals surface area (Å²) in [5.74, 6) is 0. The van der Waals surface area contributed by atoms with Gasteiger partial charge in [0.05, 0.1) is 6.61 Å². The van der Waals surface area contributed by atoms with Crippen molar-refractivity contribution in [2.24, 2.45) is 0 Å². The lowest BCUT2D eigenvalue weighted by Gasteiger charge is -2.01. The minimum atomic E-state index is -2.08. The highest BCUT2D eigenvalue weighted by Crippen LogP contribution is 2.08. The normalized spacial score (nSPS) is 10.5. The predicted octanol–water partition coefficient (Wildman–Crippen LogP) is 4.03. The van der Waals surface area contributed by atoms with Crippen molar-refractivity contribution < 1.29 is 29.0 Å². The van der Waals surface area contributed by atoms with E-state index in [0.29, 0.717) is 6.61 Å². The van der Waals surface area contributed by atoms with Crippen molar-refractivity contribution in [3.05, 3.63) is 0 Å². The van der Waals surface area contributed by atoms with Gasteiger partial charge in [0.1, 0.15) is 0 Å². The zero-order valence-corrected chi connectivity index (χ0v) is 10.3. The summed E-state index contributed by atoms with van der Waals surface area (Å²) in [5, 5.41) is 7.54. The smallest absolute Gasteiger partial charge is 0.232 e. The maximum Gasteiger partial charge on any atom is 0.529 e. The van der Waals surface area contributed by atoms with E-state index in [1.807, 2.05) is 0 Å². The van der Waals surface area contributed by atoms with E-state index in [1.165, 1.54) is 32.1 Å². The first-order valence-corrected chi connectivity index (χ1v) is 6.09. The van der Waals surface area contributed by atoms with Gasteiger partial charge in [-0.15, -0.1) is 4.39 Å². The fourth-order valence-electron chi connectivity index (χ4n) is 1.39. The molecule has 0 atom stereocenters. The summed E-state index contributed by atoms with van der Waals surface area (Å²) in [6.45, 7) is 2.51. The maximum atomic E-state index is 11.4. The van der Waals surface area contributed by atoms with Gasteiger partial charge in [-0.1, -0.05) is 51.9 Å². The first kappa shape index (κ1) is 16.3. The van der Waals surface area contributed by atoms with Crippen LogP contribution in [0.1, 0.15) is 58.3 Å². The van der Waals surface area contributed by atoms with Crippen LogP contribution < -0.4 is 0 Å². The summed E-state index contributed by atoms with van der Waals surface area (Å²) in [6, 6.07) is 0. The third-order valence-corrected chi connectivity index (χ3v) is 2.26. The molecule has 0 aromatic heterocycles. The van der Waals surface area contributed by atoms with E-state index in [-0.39, 0.29) is 0 Å². The second-order valence-electron chi connectivity index (χ2n) is 3.75. The van der Waals surface area contributed by atoms with Gasteiger partial charge in [-0.2, -0.15) is 0 Å². The summed E-state index contributed by atoms with van der Waals surface area (Å²) in [4.78, 5) is 17.4. The standard InChI is InChI=1S/C11H21FO5/c1-2-3-4-5-6-7-8-9-10-14-16-17-15-11(12)13/h2-10H2,1H3. The van der Waals surface area contributed by atoms with Crippen LogP contribution in [0.15, 0.2) is 0 Å². The molecule has 0 amide bonds. The van der Waals surface area contributed by atoms with Crippen LogP contribution in [0.5, 0.6) is 0 Å². The molecule has 0 heterocycles. The lowest BCUT2D eigenvalue weighted by molar-refractivity contribution is -0.617. The van der Waals surface area contributed by atoms with Crippen LogP contribution >= 0.6 is 0 Å². The molecule has 102 valence electrons.